The summed E-state index contributed by atoms with van der Waals surface area (Å²) in [6.07, 6.45) is 0. The molecule has 4 rings (SSSR count). The van der Waals surface area contributed by atoms with Gasteiger partial charge in [0.15, 0.2) is 0 Å². The molecule has 0 aliphatic carbocycles. The van der Waals surface area contributed by atoms with E-state index in [2.05, 4.69) is 10.6 Å². The van der Waals surface area contributed by atoms with E-state index in [-0.39, 0.29) is 17.1 Å². The lowest BCUT2D eigenvalue weighted by molar-refractivity contribution is -0.115. The van der Waals surface area contributed by atoms with Crippen molar-refractivity contribution in [3.8, 4) is 5.75 Å². The van der Waals surface area contributed by atoms with E-state index >= 15 is 0 Å². The first kappa shape index (κ1) is 22.4. The molecular formula is C27H24N2O3S. The minimum atomic E-state index is -0.319. The van der Waals surface area contributed by atoms with Gasteiger partial charge in [-0.15, -0.1) is 11.8 Å². The van der Waals surface area contributed by atoms with Crippen LogP contribution in [-0.4, -0.2) is 24.2 Å². The van der Waals surface area contributed by atoms with Gasteiger partial charge in [0.25, 0.3) is 5.91 Å². The van der Waals surface area contributed by atoms with E-state index in [1.807, 2.05) is 73.7 Å². The Morgan fingerprint density at radius 1 is 0.788 bits per heavy atom. The van der Waals surface area contributed by atoms with Crippen LogP contribution < -0.4 is 15.4 Å². The van der Waals surface area contributed by atoms with Crippen molar-refractivity contribution in [1.29, 1.82) is 0 Å². The fourth-order valence-corrected chi connectivity index (χ4v) is 4.31. The predicted octanol–water partition coefficient (Wildman–Crippen LogP) is 6.22. The molecule has 0 heterocycles. The Labute approximate surface area is 197 Å². The van der Waals surface area contributed by atoms with Crippen LogP contribution in [-0.2, 0) is 4.79 Å². The molecule has 4 aromatic rings. The molecule has 1 unspecified atom stereocenters. The molecule has 0 saturated heterocycles. The van der Waals surface area contributed by atoms with Gasteiger partial charge >= 0.3 is 0 Å². The maximum atomic E-state index is 12.7. The summed E-state index contributed by atoms with van der Waals surface area (Å²) in [4.78, 5) is 26.2. The van der Waals surface area contributed by atoms with Crippen LogP contribution >= 0.6 is 11.8 Å². The third-order valence-corrected chi connectivity index (χ3v) is 6.22. The SMILES string of the molecule is COc1cccc(C(=O)Nc2cccc(SC(C)C(=O)Nc3ccc4ccccc4c3)c2)c1. The summed E-state index contributed by atoms with van der Waals surface area (Å²) in [7, 11) is 1.56. The summed E-state index contributed by atoms with van der Waals surface area (Å²) in [6, 6.07) is 28.4. The van der Waals surface area contributed by atoms with Crippen LogP contribution in [0.5, 0.6) is 5.75 Å². The number of hydrogen-bond acceptors (Lipinski definition) is 4. The fourth-order valence-electron chi connectivity index (χ4n) is 3.38. The second-order valence-electron chi connectivity index (χ2n) is 7.53. The molecule has 0 bridgehead atoms. The molecule has 0 aliphatic heterocycles. The van der Waals surface area contributed by atoms with E-state index in [1.54, 1.807) is 31.4 Å². The number of rotatable bonds is 7. The number of anilines is 2. The Morgan fingerprint density at radius 3 is 2.36 bits per heavy atom. The average molecular weight is 457 g/mol. The van der Waals surface area contributed by atoms with Crippen molar-refractivity contribution in [3.63, 3.8) is 0 Å². The number of benzene rings is 4. The topological polar surface area (TPSA) is 67.4 Å². The molecule has 33 heavy (non-hydrogen) atoms. The zero-order valence-electron chi connectivity index (χ0n) is 18.4. The number of hydrogen-bond donors (Lipinski definition) is 2. The summed E-state index contributed by atoms with van der Waals surface area (Å²) >= 11 is 1.43. The quantitative estimate of drug-likeness (QED) is 0.324. The van der Waals surface area contributed by atoms with Crippen LogP contribution in [0.2, 0.25) is 0 Å². The monoisotopic (exact) mass is 456 g/mol. The van der Waals surface area contributed by atoms with Gasteiger partial charge in [-0.25, -0.2) is 0 Å². The highest BCUT2D eigenvalue weighted by atomic mass is 32.2. The van der Waals surface area contributed by atoms with Crippen molar-refractivity contribution < 1.29 is 14.3 Å². The molecule has 2 amide bonds. The summed E-state index contributed by atoms with van der Waals surface area (Å²) in [5.74, 6) is 0.317. The van der Waals surface area contributed by atoms with Crippen molar-refractivity contribution >= 4 is 45.7 Å². The van der Waals surface area contributed by atoms with Crippen molar-refractivity contribution in [2.75, 3.05) is 17.7 Å². The van der Waals surface area contributed by atoms with E-state index in [0.717, 1.165) is 21.4 Å². The second-order valence-corrected chi connectivity index (χ2v) is 8.94. The molecule has 4 aromatic carbocycles. The third kappa shape index (κ3) is 5.73. The van der Waals surface area contributed by atoms with E-state index in [0.29, 0.717) is 17.0 Å². The second kappa shape index (κ2) is 10.2. The van der Waals surface area contributed by atoms with E-state index < -0.39 is 0 Å². The summed E-state index contributed by atoms with van der Waals surface area (Å²) in [6.45, 7) is 1.86. The molecule has 2 N–H and O–H groups in total. The minimum Gasteiger partial charge on any atom is -0.497 e. The van der Waals surface area contributed by atoms with Gasteiger partial charge in [-0.05, 0) is 66.2 Å². The van der Waals surface area contributed by atoms with Crippen molar-refractivity contribution in [2.24, 2.45) is 0 Å². The number of fused-ring (bicyclic) bond motifs is 1. The van der Waals surface area contributed by atoms with Crippen LogP contribution in [0.25, 0.3) is 10.8 Å². The number of amides is 2. The Morgan fingerprint density at radius 2 is 1.55 bits per heavy atom. The zero-order valence-corrected chi connectivity index (χ0v) is 19.2. The molecule has 0 radical (unpaired) electrons. The van der Waals surface area contributed by atoms with Crippen LogP contribution in [0.3, 0.4) is 0 Å². The zero-order chi connectivity index (χ0) is 23.2. The highest BCUT2D eigenvalue weighted by Crippen LogP contribution is 2.27. The highest BCUT2D eigenvalue weighted by molar-refractivity contribution is 8.00. The molecule has 0 aromatic heterocycles. The Kier molecular flexibility index (Phi) is 6.95. The third-order valence-electron chi connectivity index (χ3n) is 5.12. The first-order valence-electron chi connectivity index (χ1n) is 10.5. The summed E-state index contributed by atoms with van der Waals surface area (Å²) in [5.41, 5.74) is 1.94. The molecule has 5 nitrogen and oxygen atoms in total. The number of methoxy groups -OCH3 is 1. The van der Waals surface area contributed by atoms with E-state index in [4.69, 9.17) is 4.74 Å². The molecule has 1 atom stereocenters. The van der Waals surface area contributed by atoms with Crippen molar-refractivity contribution in [1.82, 2.24) is 0 Å². The van der Waals surface area contributed by atoms with Gasteiger partial charge in [0.1, 0.15) is 5.75 Å². The normalized spacial score (nSPS) is 11.6. The number of carbonyl (C=O) groups is 2. The smallest absolute Gasteiger partial charge is 0.255 e. The molecule has 0 saturated carbocycles. The lowest BCUT2D eigenvalue weighted by Gasteiger charge is -2.13. The number of thioether (sulfide) groups is 1. The van der Waals surface area contributed by atoms with Gasteiger partial charge in [0.2, 0.25) is 5.91 Å². The van der Waals surface area contributed by atoms with Crippen molar-refractivity contribution in [2.45, 2.75) is 17.1 Å². The standard InChI is InChI=1S/C27H24N2O3S/c1-18(26(30)28-23-14-13-19-7-3-4-8-20(19)15-23)33-25-12-6-10-22(17-25)29-27(31)21-9-5-11-24(16-21)32-2/h3-18H,1-2H3,(H,28,30)(H,29,31). The Bertz CT molecular complexity index is 1310. The number of nitrogens with one attached hydrogen (secondary N) is 2. The minimum absolute atomic E-state index is 0.0823. The molecule has 166 valence electrons. The molecule has 6 heteroatoms. The highest BCUT2D eigenvalue weighted by Gasteiger charge is 2.15. The van der Waals surface area contributed by atoms with Gasteiger partial charge in [-0.1, -0.05) is 42.5 Å². The largest absolute Gasteiger partial charge is 0.497 e. The molecule has 0 aliphatic rings. The lowest BCUT2D eigenvalue weighted by Crippen LogP contribution is -2.22. The average Bonchev–Trinajstić information content (AvgIpc) is 2.84. The molecular weight excluding hydrogens is 432 g/mol. The predicted molar refractivity (Wildman–Crippen MR) is 135 cm³/mol. The van der Waals surface area contributed by atoms with Crippen LogP contribution in [0.1, 0.15) is 17.3 Å². The Balaban J connectivity index is 1.39. The van der Waals surface area contributed by atoms with Crippen molar-refractivity contribution in [3.05, 3.63) is 96.6 Å². The van der Waals surface area contributed by atoms with Crippen LogP contribution in [0.15, 0.2) is 95.9 Å². The summed E-state index contributed by atoms with van der Waals surface area (Å²) < 4.78 is 5.18. The Hall–Kier alpha value is -3.77. The first-order valence-corrected chi connectivity index (χ1v) is 11.4. The molecule has 0 fully saturated rings. The number of ether oxygens (including phenoxy) is 1. The van der Waals surface area contributed by atoms with Gasteiger partial charge in [0.05, 0.1) is 12.4 Å². The van der Waals surface area contributed by atoms with E-state index in [9.17, 15) is 9.59 Å². The van der Waals surface area contributed by atoms with E-state index in [1.165, 1.54) is 11.8 Å². The fraction of sp³-hybridized carbons (Fsp3) is 0.111. The van der Waals surface area contributed by atoms with Gasteiger partial charge < -0.3 is 15.4 Å². The summed E-state index contributed by atoms with van der Waals surface area (Å²) in [5, 5.41) is 7.78. The maximum absolute atomic E-state index is 12.7. The maximum Gasteiger partial charge on any atom is 0.255 e. The number of carbonyl (C=O) groups excluding carboxylic acids is 2. The van der Waals surface area contributed by atoms with Gasteiger partial charge in [-0.2, -0.15) is 0 Å². The first-order chi connectivity index (χ1) is 16.0. The van der Waals surface area contributed by atoms with Gasteiger partial charge in [0, 0.05) is 21.8 Å². The van der Waals surface area contributed by atoms with Gasteiger partial charge in [-0.3, -0.25) is 9.59 Å². The van der Waals surface area contributed by atoms with Crippen LogP contribution in [0, 0.1) is 0 Å². The lowest BCUT2D eigenvalue weighted by atomic mass is 10.1. The molecule has 0 spiro atoms. The van der Waals surface area contributed by atoms with Crippen LogP contribution in [0.4, 0.5) is 11.4 Å².